The SMILES string of the molecule is CC(C)CNCc1ncoc1C1CC2CC2C1. The molecule has 17 heavy (non-hydrogen) atoms. The van der Waals surface area contributed by atoms with Crippen LogP contribution in [0.5, 0.6) is 0 Å². The van der Waals surface area contributed by atoms with E-state index in [-0.39, 0.29) is 0 Å². The summed E-state index contributed by atoms with van der Waals surface area (Å²) in [4.78, 5) is 4.37. The van der Waals surface area contributed by atoms with E-state index in [1.807, 2.05) is 0 Å². The average Bonchev–Trinajstić information content (AvgIpc) is 2.76. The number of nitrogens with one attached hydrogen (secondary N) is 1. The van der Waals surface area contributed by atoms with Crippen LogP contribution in [0.4, 0.5) is 0 Å². The second-order valence-corrected chi connectivity index (χ2v) is 6.11. The van der Waals surface area contributed by atoms with Crippen molar-refractivity contribution in [2.24, 2.45) is 17.8 Å². The van der Waals surface area contributed by atoms with Crippen molar-refractivity contribution in [1.82, 2.24) is 10.3 Å². The number of hydrogen-bond acceptors (Lipinski definition) is 3. The van der Waals surface area contributed by atoms with Crippen molar-refractivity contribution in [3.8, 4) is 0 Å². The number of aromatic nitrogens is 1. The molecule has 1 N–H and O–H groups in total. The minimum Gasteiger partial charge on any atom is -0.448 e. The summed E-state index contributed by atoms with van der Waals surface area (Å²) in [5.74, 6) is 4.50. The van der Waals surface area contributed by atoms with Crippen molar-refractivity contribution in [2.45, 2.75) is 45.6 Å². The topological polar surface area (TPSA) is 38.1 Å². The van der Waals surface area contributed by atoms with Gasteiger partial charge >= 0.3 is 0 Å². The van der Waals surface area contributed by atoms with Crippen LogP contribution in [0.15, 0.2) is 10.8 Å². The summed E-state index contributed by atoms with van der Waals surface area (Å²) < 4.78 is 5.62. The molecular weight excluding hydrogens is 212 g/mol. The predicted octanol–water partition coefficient (Wildman–Crippen LogP) is 2.93. The van der Waals surface area contributed by atoms with E-state index in [1.165, 1.54) is 19.3 Å². The Morgan fingerprint density at radius 2 is 2.12 bits per heavy atom. The molecule has 2 aliphatic carbocycles. The first-order valence-electron chi connectivity index (χ1n) is 6.87. The maximum absolute atomic E-state index is 5.62. The fraction of sp³-hybridized carbons (Fsp3) is 0.786. The highest BCUT2D eigenvalue weighted by atomic mass is 16.3. The molecule has 1 aromatic heterocycles. The summed E-state index contributed by atoms with van der Waals surface area (Å²) in [5, 5.41) is 3.45. The molecule has 1 heterocycles. The first-order chi connectivity index (χ1) is 8.24. The van der Waals surface area contributed by atoms with Gasteiger partial charge in [-0.05, 0) is 43.6 Å². The minimum absolute atomic E-state index is 0.650. The monoisotopic (exact) mass is 234 g/mol. The van der Waals surface area contributed by atoms with E-state index in [0.717, 1.165) is 36.4 Å². The van der Waals surface area contributed by atoms with E-state index >= 15 is 0 Å². The Bertz CT molecular complexity index is 375. The number of oxazole rings is 1. The fourth-order valence-electron chi connectivity index (χ4n) is 3.15. The molecule has 0 radical (unpaired) electrons. The van der Waals surface area contributed by atoms with E-state index < -0.39 is 0 Å². The van der Waals surface area contributed by atoms with Gasteiger partial charge in [0.15, 0.2) is 6.39 Å². The summed E-state index contributed by atoms with van der Waals surface area (Å²) in [6.07, 6.45) is 5.74. The average molecular weight is 234 g/mol. The second-order valence-electron chi connectivity index (χ2n) is 6.11. The molecule has 3 rings (SSSR count). The van der Waals surface area contributed by atoms with Gasteiger partial charge < -0.3 is 9.73 Å². The Balaban J connectivity index is 1.59. The third-order valence-electron chi connectivity index (χ3n) is 4.13. The van der Waals surface area contributed by atoms with Gasteiger partial charge in [0.1, 0.15) is 5.76 Å². The highest BCUT2D eigenvalue weighted by Crippen LogP contribution is 2.57. The largest absolute Gasteiger partial charge is 0.448 e. The molecule has 0 saturated heterocycles. The van der Waals surface area contributed by atoms with Gasteiger partial charge in [-0.1, -0.05) is 13.8 Å². The van der Waals surface area contributed by atoms with Gasteiger partial charge in [0.2, 0.25) is 0 Å². The molecule has 0 aliphatic heterocycles. The molecule has 0 bridgehead atoms. The van der Waals surface area contributed by atoms with E-state index in [4.69, 9.17) is 4.42 Å². The van der Waals surface area contributed by atoms with Gasteiger partial charge in [-0.2, -0.15) is 0 Å². The van der Waals surface area contributed by atoms with E-state index in [9.17, 15) is 0 Å². The van der Waals surface area contributed by atoms with E-state index in [2.05, 4.69) is 24.1 Å². The van der Waals surface area contributed by atoms with Gasteiger partial charge in [-0.3, -0.25) is 0 Å². The molecule has 2 atom stereocenters. The third kappa shape index (κ3) is 2.39. The van der Waals surface area contributed by atoms with Crippen molar-refractivity contribution in [1.29, 1.82) is 0 Å². The number of rotatable bonds is 5. The molecule has 2 fully saturated rings. The van der Waals surface area contributed by atoms with Gasteiger partial charge in [-0.25, -0.2) is 4.98 Å². The molecule has 2 aliphatic rings. The van der Waals surface area contributed by atoms with Crippen LogP contribution in [0.2, 0.25) is 0 Å². The lowest BCUT2D eigenvalue weighted by atomic mass is 9.99. The smallest absolute Gasteiger partial charge is 0.181 e. The van der Waals surface area contributed by atoms with E-state index in [1.54, 1.807) is 6.39 Å². The van der Waals surface area contributed by atoms with Crippen molar-refractivity contribution in [2.75, 3.05) is 6.54 Å². The summed E-state index contributed by atoms with van der Waals surface area (Å²) in [6.45, 7) is 6.35. The molecular formula is C14H22N2O. The van der Waals surface area contributed by atoms with Gasteiger partial charge in [0.25, 0.3) is 0 Å². The van der Waals surface area contributed by atoms with Crippen molar-refractivity contribution in [3.05, 3.63) is 17.8 Å². The van der Waals surface area contributed by atoms with Crippen LogP contribution in [0.25, 0.3) is 0 Å². The van der Waals surface area contributed by atoms with Crippen molar-refractivity contribution >= 4 is 0 Å². The molecule has 3 heteroatoms. The standard InChI is InChI=1S/C14H22N2O/c1-9(2)6-15-7-13-14(17-8-16-13)12-4-10-3-11(10)5-12/h8-12,15H,3-7H2,1-2H3. The molecule has 0 aromatic carbocycles. The van der Waals surface area contributed by atoms with Gasteiger partial charge in [-0.15, -0.1) is 0 Å². The molecule has 0 amide bonds. The molecule has 2 saturated carbocycles. The lowest BCUT2D eigenvalue weighted by Gasteiger charge is -2.11. The van der Waals surface area contributed by atoms with Crippen LogP contribution in [0, 0.1) is 17.8 Å². The first kappa shape index (κ1) is 11.3. The van der Waals surface area contributed by atoms with Crippen LogP contribution < -0.4 is 5.32 Å². The zero-order valence-electron chi connectivity index (χ0n) is 10.8. The molecule has 0 spiro atoms. The molecule has 3 nitrogen and oxygen atoms in total. The highest BCUT2D eigenvalue weighted by Gasteiger charge is 2.47. The van der Waals surface area contributed by atoms with Crippen LogP contribution in [0.3, 0.4) is 0 Å². The quantitative estimate of drug-likeness (QED) is 0.851. The second kappa shape index (κ2) is 4.45. The normalized spacial score (nSPS) is 30.9. The number of hydrogen-bond donors (Lipinski definition) is 1. The molecule has 2 unspecified atom stereocenters. The molecule has 1 aromatic rings. The molecule has 94 valence electrons. The number of nitrogens with zero attached hydrogens (tertiary/aromatic N) is 1. The Hall–Kier alpha value is -0.830. The lowest BCUT2D eigenvalue weighted by Crippen LogP contribution is -2.20. The number of fused-ring (bicyclic) bond motifs is 1. The van der Waals surface area contributed by atoms with Crippen LogP contribution in [0.1, 0.15) is 50.5 Å². The van der Waals surface area contributed by atoms with Crippen LogP contribution in [-0.4, -0.2) is 11.5 Å². The third-order valence-corrected chi connectivity index (χ3v) is 4.13. The van der Waals surface area contributed by atoms with Crippen LogP contribution >= 0.6 is 0 Å². The van der Waals surface area contributed by atoms with Crippen molar-refractivity contribution in [3.63, 3.8) is 0 Å². The lowest BCUT2D eigenvalue weighted by molar-refractivity contribution is 0.436. The summed E-state index contributed by atoms with van der Waals surface area (Å²) in [5.41, 5.74) is 1.14. The highest BCUT2D eigenvalue weighted by molar-refractivity contribution is 5.17. The maximum atomic E-state index is 5.62. The Morgan fingerprint density at radius 3 is 2.82 bits per heavy atom. The first-order valence-corrected chi connectivity index (χ1v) is 6.87. The van der Waals surface area contributed by atoms with Gasteiger partial charge in [0.05, 0.1) is 5.69 Å². The van der Waals surface area contributed by atoms with Crippen molar-refractivity contribution < 1.29 is 4.42 Å². The van der Waals surface area contributed by atoms with E-state index in [0.29, 0.717) is 11.8 Å². The Morgan fingerprint density at radius 1 is 1.35 bits per heavy atom. The Kier molecular flexibility index (Phi) is 2.95. The Labute approximate surface area is 103 Å². The van der Waals surface area contributed by atoms with Gasteiger partial charge in [0, 0.05) is 12.5 Å². The maximum Gasteiger partial charge on any atom is 0.181 e. The predicted molar refractivity (Wildman–Crippen MR) is 66.6 cm³/mol. The minimum atomic E-state index is 0.650. The zero-order valence-corrected chi connectivity index (χ0v) is 10.8. The summed E-state index contributed by atoms with van der Waals surface area (Å²) >= 11 is 0. The summed E-state index contributed by atoms with van der Waals surface area (Å²) in [6, 6.07) is 0. The van der Waals surface area contributed by atoms with Crippen LogP contribution in [-0.2, 0) is 6.54 Å². The summed E-state index contributed by atoms with van der Waals surface area (Å²) in [7, 11) is 0. The zero-order chi connectivity index (χ0) is 11.8. The fourth-order valence-corrected chi connectivity index (χ4v) is 3.15.